The largest absolute Gasteiger partial charge is 0.481 e. The van der Waals surface area contributed by atoms with E-state index < -0.39 is 54.5 Å². The molecule has 0 aliphatic carbocycles. The van der Waals surface area contributed by atoms with Crippen molar-refractivity contribution in [2.24, 2.45) is 0 Å². The molecule has 57 heavy (non-hydrogen) atoms. The molecule has 2 heterocycles. The molecule has 8 N–H and O–H groups in total. The van der Waals surface area contributed by atoms with Crippen molar-refractivity contribution in [1.82, 2.24) is 36.1 Å². The fourth-order valence-electron chi connectivity index (χ4n) is 5.72. The summed E-state index contributed by atoms with van der Waals surface area (Å²) < 4.78 is 0. The maximum atomic E-state index is 12.5. The van der Waals surface area contributed by atoms with Crippen molar-refractivity contribution >= 4 is 41.7 Å². The van der Waals surface area contributed by atoms with Crippen LogP contribution in [0.4, 0.5) is 4.79 Å². The standard InChI is InChI=1S/C38H55N7O11.Re/c46-32(41-23-11-7-15-30(36(52)53)43-38(56)44-31(37(54)55)19-20-34(48)49)17-3-1-2-4-18-33(47)42-29(35(50)51)16-8-12-24-45(25-27-13-5-9-21-39-27)26-28-14-6-10-22-40-28;/h5-6,9-10,13-14,21-22,29-31H,1-4,7-8,11-12,15-20,23-26H2,(H,41,46)(H,42,47)(H,48,49)(H,50,51)(H,52,53)(H,54,55)(H2,43,44,56);/t29-,30-,31-;/m0./s1. The number of pyridine rings is 2. The van der Waals surface area contributed by atoms with Gasteiger partial charge in [-0.3, -0.25) is 29.3 Å². The van der Waals surface area contributed by atoms with Gasteiger partial charge in [0.15, 0.2) is 0 Å². The molecule has 0 bridgehead atoms. The van der Waals surface area contributed by atoms with Gasteiger partial charge < -0.3 is 41.7 Å². The summed E-state index contributed by atoms with van der Waals surface area (Å²) in [6.07, 6.45) is 8.02. The number of carboxylic acid groups (broad SMARTS) is 4. The van der Waals surface area contributed by atoms with Crippen LogP contribution in [0.1, 0.15) is 101 Å². The quantitative estimate of drug-likeness (QED) is 0.0523. The number of urea groups is 1. The van der Waals surface area contributed by atoms with Gasteiger partial charge in [0.2, 0.25) is 11.8 Å². The van der Waals surface area contributed by atoms with E-state index in [4.69, 9.17) is 10.2 Å². The van der Waals surface area contributed by atoms with Crippen LogP contribution in [0.2, 0.25) is 0 Å². The van der Waals surface area contributed by atoms with Crippen LogP contribution in [-0.4, -0.2) is 108 Å². The number of hydrogen-bond acceptors (Lipinski definition) is 10. The number of carbonyl (C=O) groups excluding carboxylic acids is 3. The summed E-state index contributed by atoms with van der Waals surface area (Å²) in [7, 11) is 0. The second kappa shape index (κ2) is 29.3. The number of aliphatic carboxylic acids is 4. The average molecular weight is 972 g/mol. The molecule has 0 aliphatic heterocycles. The number of nitrogens with zero attached hydrogens (tertiary/aromatic N) is 3. The number of carbonyl (C=O) groups is 7. The maximum absolute atomic E-state index is 12.5. The topological polar surface area (TPSA) is 278 Å². The summed E-state index contributed by atoms with van der Waals surface area (Å²) in [6, 6.07) is 6.67. The molecule has 315 valence electrons. The summed E-state index contributed by atoms with van der Waals surface area (Å²) in [6.45, 7) is 2.25. The summed E-state index contributed by atoms with van der Waals surface area (Å²) in [5.74, 6) is -5.61. The van der Waals surface area contributed by atoms with Crippen molar-refractivity contribution < 1.29 is 74.4 Å². The number of unbranched alkanes of at least 4 members (excludes halogenated alkanes) is 5. The van der Waals surface area contributed by atoms with Crippen LogP contribution >= 0.6 is 0 Å². The molecule has 0 unspecified atom stereocenters. The zero-order valence-electron chi connectivity index (χ0n) is 31.9. The normalized spacial score (nSPS) is 12.3. The Bertz CT molecular complexity index is 1500. The van der Waals surface area contributed by atoms with Crippen molar-refractivity contribution in [3.8, 4) is 0 Å². The molecule has 0 spiro atoms. The molecule has 0 fully saturated rings. The molecule has 2 aromatic heterocycles. The summed E-state index contributed by atoms with van der Waals surface area (Å²) in [4.78, 5) is 93.2. The van der Waals surface area contributed by atoms with Crippen LogP contribution in [0.5, 0.6) is 0 Å². The van der Waals surface area contributed by atoms with E-state index in [9.17, 15) is 43.8 Å². The van der Waals surface area contributed by atoms with Crippen LogP contribution < -0.4 is 21.3 Å². The third kappa shape index (κ3) is 23.6. The molecule has 1 radical (unpaired) electrons. The van der Waals surface area contributed by atoms with Crippen LogP contribution in [0.25, 0.3) is 0 Å². The molecule has 0 saturated heterocycles. The minimum absolute atomic E-state index is 0. The third-order valence-corrected chi connectivity index (χ3v) is 8.73. The molecule has 2 rings (SSSR count). The SMILES string of the molecule is O=C(O)CC[C@H](NC(=O)N[C@@H](CCCCNC(=O)CCCCCCC(=O)N[C@@H](CCCCN(Cc1ccccn1)Cc1ccccn1)C(=O)O)C(=O)O)C(=O)O.[Re]. The second-order valence-corrected chi connectivity index (χ2v) is 13.4. The van der Waals surface area contributed by atoms with E-state index in [1.54, 1.807) is 12.4 Å². The first kappa shape index (κ1) is 50.0. The van der Waals surface area contributed by atoms with Gasteiger partial charge in [0.25, 0.3) is 0 Å². The number of amides is 4. The van der Waals surface area contributed by atoms with Crippen molar-refractivity contribution in [2.75, 3.05) is 13.1 Å². The van der Waals surface area contributed by atoms with Crippen LogP contribution in [0, 0.1) is 0 Å². The average Bonchev–Trinajstić information content (AvgIpc) is 3.15. The van der Waals surface area contributed by atoms with Crippen molar-refractivity contribution in [2.45, 2.75) is 121 Å². The Balaban J connectivity index is 0.0000162. The smallest absolute Gasteiger partial charge is 0.326 e. The zero-order valence-corrected chi connectivity index (χ0v) is 34.7. The third-order valence-electron chi connectivity index (χ3n) is 8.73. The van der Waals surface area contributed by atoms with Gasteiger partial charge in [-0.25, -0.2) is 19.2 Å². The van der Waals surface area contributed by atoms with Crippen LogP contribution in [-0.2, 0) is 62.3 Å². The number of rotatable bonds is 30. The number of carboxylic acids is 4. The van der Waals surface area contributed by atoms with Gasteiger partial charge in [-0.15, -0.1) is 0 Å². The molecule has 0 aliphatic rings. The molecule has 19 heteroatoms. The molecule has 18 nitrogen and oxygen atoms in total. The maximum Gasteiger partial charge on any atom is 0.326 e. The molecule has 0 aromatic carbocycles. The Kier molecular flexibility index (Phi) is 25.7. The fraction of sp³-hybridized carbons (Fsp3) is 0.553. The molecule has 0 saturated carbocycles. The Morgan fingerprint density at radius 3 is 1.54 bits per heavy atom. The van der Waals surface area contributed by atoms with Gasteiger partial charge in [0.1, 0.15) is 18.1 Å². The first-order chi connectivity index (χ1) is 26.8. The molecule has 3 atom stereocenters. The second-order valence-electron chi connectivity index (χ2n) is 13.4. The van der Waals surface area contributed by atoms with E-state index in [0.717, 1.165) is 17.8 Å². The van der Waals surface area contributed by atoms with Gasteiger partial charge in [-0.1, -0.05) is 25.0 Å². The van der Waals surface area contributed by atoms with Gasteiger partial charge in [0, 0.05) is 71.7 Å². The van der Waals surface area contributed by atoms with Gasteiger partial charge in [0.05, 0.1) is 11.4 Å². The van der Waals surface area contributed by atoms with E-state index in [1.165, 1.54) is 0 Å². The number of nitrogens with one attached hydrogen (secondary N) is 4. The predicted molar refractivity (Wildman–Crippen MR) is 202 cm³/mol. The summed E-state index contributed by atoms with van der Waals surface area (Å²) >= 11 is 0. The minimum atomic E-state index is -1.50. The molecular formula is C38H55N7O11Re. The fourth-order valence-corrected chi connectivity index (χ4v) is 5.72. The van der Waals surface area contributed by atoms with E-state index in [-0.39, 0.29) is 64.5 Å². The van der Waals surface area contributed by atoms with Gasteiger partial charge in [-0.05, 0) is 88.6 Å². The Morgan fingerprint density at radius 1 is 0.561 bits per heavy atom. The minimum Gasteiger partial charge on any atom is -0.481 e. The van der Waals surface area contributed by atoms with E-state index >= 15 is 0 Å². The van der Waals surface area contributed by atoms with E-state index in [1.807, 2.05) is 36.4 Å². The Labute approximate surface area is 345 Å². The summed E-state index contributed by atoms with van der Waals surface area (Å²) in [5.41, 5.74) is 1.85. The van der Waals surface area contributed by atoms with Crippen LogP contribution in [0.15, 0.2) is 48.8 Å². The van der Waals surface area contributed by atoms with Crippen molar-refractivity contribution in [3.05, 3.63) is 60.2 Å². The van der Waals surface area contributed by atoms with E-state index in [0.29, 0.717) is 71.0 Å². The molecule has 4 amide bonds. The van der Waals surface area contributed by atoms with E-state index in [2.05, 4.69) is 36.1 Å². The first-order valence-electron chi connectivity index (χ1n) is 18.9. The van der Waals surface area contributed by atoms with Crippen molar-refractivity contribution in [1.29, 1.82) is 0 Å². The Morgan fingerprint density at radius 2 is 1.05 bits per heavy atom. The van der Waals surface area contributed by atoms with Crippen molar-refractivity contribution in [3.63, 3.8) is 0 Å². The van der Waals surface area contributed by atoms with Gasteiger partial charge in [-0.2, -0.15) is 0 Å². The number of hydrogen-bond donors (Lipinski definition) is 8. The molecular weight excluding hydrogens is 917 g/mol. The Hall–Kier alpha value is -4.99. The van der Waals surface area contributed by atoms with Gasteiger partial charge >= 0.3 is 29.9 Å². The first-order valence-corrected chi connectivity index (χ1v) is 18.9. The summed E-state index contributed by atoms with van der Waals surface area (Å²) in [5, 5.41) is 46.6. The van der Waals surface area contributed by atoms with Crippen LogP contribution in [0.3, 0.4) is 0 Å². The molecule has 2 aromatic rings. The zero-order chi connectivity index (χ0) is 41.1. The monoisotopic (exact) mass is 972 g/mol. The predicted octanol–water partition coefficient (Wildman–Crippen LogP) is 2.91. The number of aromatic nitrogens is 2.